The molecule has 1 aliphatic rings. The molecule has 0 aliphatic carbocycles. The lowest BCUT2D eigenvalue weighted by molar-refractivity contribution is -0.130. The van der Waals surface area contributed by atoms with Gasteiger partial charge in [0.1, 0.15) is 11.8 Å². The van der Waals surface area contributed by atoms with Crippen molar-refractivity contribution < 1.29 is 23.9 Å². The number of carbonyl (C=O) groups is 2. The van der Waals surface area contributed by atoms with Crippen LogP contribution in [0.2, 0.25) is 0 Å². The highest BCUT2D eigenvalue weighted by Gasteiger charge is 2.33. The molecule has 0 saturated carbocycles. The van der Waals surface area contributed by atoms with Crippen molar-refractivity contribution in [2.75, 3.05) is 19.6 Å². The summed E-state index contributed by atoms with van der Waals surface area (Å²) < 4.78 is 11.7. The van der Waals surface area contributed by atoms with Gasteiger partial charge in [0.2, 0.25) is 11.8 Å². The molecule has 9 nitrogen and oxygen atoms in total. The zero-order valence-corrected chi connectivity index (χ0v) is 19.5. The monoisotopic (exact) mass is 448 g/mol. The third-order valence-electron chi connectivity index (χ3n) is 5.27. The van der Waals surface area contributed by atoms with E-state index in [1.54, 1.807) is 6.92 Å². The molecular weight excluding hydrogens is 407 g/mol. The third kappa shape index (κ3) is 10.9. The van der Waals surface area contributed by atoms with Gasteiger partial charge in [-0.3, -0.25) is 19.5 Å². The van der Waals surface area contributed by atoms with Crippen molar-refractivity contribution >= 4 is 19.4 Å². The second-order valence-electron chi connectivity index (χ2n) is 8.52. The van der Waals surface area contributed by atoms with E-state index in [0.717, 1.165) is 45.2 Å². The summed E-state index contributed by atoms with van der Waals surface area (Å²) in [5, 5.41) is 12.0. The van der Waals surface area contributed by atoms with Crippen LogP contribution in [0, 0.1) is 5.92 Å². The van der Waals surface area contributed by atoms with E-state index in [2.05, 4.69) is 21.3 Å². The van der Waals surface area contributed by atoms with Gasteiger partial charge in [0.05, 0.1) is 6.04 Å². The SMILES string of the molecule is CC[C@@H](N[C@@H](CC(C)C)C(=O)N[C@H]1CCCCNCCCCCNC1=O)P(=O)(O)O. The molecule has 0 bridgehead atoms. The first-order valence-corrected chi connectivity index (χ1v) is 12.9. The van der Waals surface area contributed by atoms with Crippen LogP contribution >= 0.6 is 7.60 Å². The van der Waals surface area contributed by atoms with Crippen LogP contribution in [-0.2, 0) is 14.2 Å². The van der Waals surface area contributed by atoms with Gasteiger partial charge in [0.25, 0.3) is 0 Å². The van der Waals surface area contributed by atoms with Crippen LogP contribution < -0.4 is 21.3 Å². The summed E-state index contributed by atoms with van der Waals surface area (Å²) in [5.41, 5.74) is 0. The summed E-state index contributed by atoms with van der Waals surface area (Å²) >= 11 is 0. The van der Waals surface area contributed by atoms with Crippen LogP contribution in [0.25, 0.3) is 0 Å². The maximum Gasteiger partial charge on any atom is 0.342 e. The van der Waals surface area contributed by atoms with Crippen molar-refractivity contribution in [3.8, 4) is 0 Å². The highest BCUT2D eigenvalue weighted by Crippen LogP contribution is 2.41. The Morgan fingerprint density at radius 3 is 2.37 bits per heavy atom. The Morgan fingerprint density at radius 2 is 1.77 bits per heavy atom. The van der Waals surface area contributed by atoms with Gasteiger partial charge in [-0.05, 0) is 64.0 Å². The van der Waals surface area contributed by atoms with Crippen LogP contribution in [0.1, 0.15) is 72.1 Å². The second-order valence-corrected chi connectivity index (χ2v) is 10.3. The average Bonchev–Trinajstić information content (AvgIpc) is 2.67. The van der Waals surface area contributed by atoms with E-state index in [0.29, 0.717) is 19.4 Å². The van der Waals surface area contributed by atoms with Crippen molar-refractivity contribution in [1.29, 1.82) is 0 Å². The minimum atomic E-state index is -4.38. The molecule has 0 aromatic rings. The molecule has 1 saturated heterocycles. The fourth-order valence-corrected chi connectivity index (χ4v) is 4.41. The molecule has 0 spiro atoms. The molecule has 2 amide bonds. The lowest BCUT2D eigenvalue weighted by Gasteiger charge is -2.28. The molecular formula is C20H41N4O5P. The molecule has 1 fully saturated rings. The fourth-order valence-electron chi connectivity index (χ4n) is 3.56. The molecule has 0 unspecified atom stereocenters. The van der Waals surface area contributed by atoms with E-state index in [9.17, 15) is 23.9 Å². The molecule has 6 N–H and O–H groups in total. The Balaban J connectivity index is 2.84. The van der Waals surface area contributed by atoms with Gasteiger partial charge in [-0.25, -0.2) is 0 Å². The van der Waals surface area contributed by atoms with E-state index in [1.807, 2.05) is 13.8 Å². The standard InChI is InChI=1S/C20H41N4O5P/c1-4-18(30(27,28)29)23-17(14-15(2)3)20(26)24-16-10-6-9-12-21-11-7-5-8-13-22-19(16)25/h15-18,21,23H,4-14H2,1-3H3,(H,22,25)(H,24,26)(H2,27,28,29)/t16-,17-,18-/m0/s1. The zero-order chi connectivity index (χ0) is 22.6. The van der Waals surface area contributed by atoms with Gasteiger partial charge in [-0.2, -0.15) is 0 Å². The molecule has 3 atom stereocenters. The fraction of sp³-hybridized carbons (Fsp3) is 0.900. The van der Waals surface area contributed by atoms with Crippen LogP contribution in [0.3, 0.4) is 0 Å². The van der Waals surface area contributed by atoms with Gasteiger partial charge in [-0.1, -0.05) is 27.2 Å². The molecule has 30 heavy (non-hydrogen) atoms. The van der Waals surface area contributed by atoms with Crippen LogP contribution in [0.15, 0.2) is 0 Å². The Bertz CT molecular complexity index is 569. The Kier molecular flexibility index (Phi) is 12.8. The van der Waals surface area contributed by atoms with Crippen LogP contribution in [-0.4, -0.2) is 59.1 Å². The van der Waals surface area contributed by atoms with E-state index >= 15 is 0 Å². The molecule has 0 aromatic carbocycles. The number of hydrogen-bond donors (Lipinski definition) is 6. The van der Waals surface area contributed by atoms with E-state index in [-0.39, 0.29) is 18.2 Å². The van der Waals surface area contributed by atoms with E-state index in [1.165, 1.54) is 0 Å². The summed E-state index contributed by atoms with van der Waals surface area (Å²) in [6.07, 6.45) is 5.87. The van der Waals surface area contributed by atoms with Gasteiger partial charge in [-0.15, -0.1) is 0 Å². The Morgan fingerprint density at radius 1 is 1.13 bits per heavy atom. The summed E-state index contributed by atoms with van der Waals surface area (Å²) in [4.78, 5) is 44.7. The normalized spacial score (nSPS) is 22.2. The maximum atomic E-state index is 13.0. The number of hydrogen-bond acceptors (Lipinski definition) is 5. The van der Waals surface area contributed by atoms with Crippen molar-refractivity contribution in [2.24, 2.45) is 5.92 Å². The molecule has 176 valence electrons. The molecule has 10 heteroatoms. The first-order chi connectivity index (χ1) is 14.1. The largest absolute Gasteiger partial charge is 0.354 e. The maximum absolute atomic E-state index is 13.0. The average molecular weight is 449 g/mol. The van der Waals surface area contributed by atoms with Crippen LogP contribution in [0.5, 0.6) is 0 Å². The number of rotatable bonds is 8. The predicted octanol–water partition coefficient (Wildman–Crippen LogP) is 1.45. The lowest BCUT2D eigenvalue weighted by atomic mass is 10.0. The number of amides is 2. The number of carbonyl (C=O) groups excluding carboxylic acids is 2. The first kappa shape index (κ1) is 27.0. The van der Waals surface area contributed by atoms with Crippen molar-refractivity contribution in [1.82, 2.24) is 21.3 Å². The predicted molar refractivity (Wildman–Crippen MR) is 118 cm³/mol. The molecule has 1 heterocycles. The van der Waals surface area contributed by atoms with Gasteiger partial charge >= 0.3 is 7.60 Å². The highest BCUT2D eigenvalue weighted by atomic mass is 31.2. The molecule has 0 aromatic heterocycles. The third-order valence-corrected chi connectivity index (χ3v) is 6.60. The minimum absolute atomic E-state index is 0.141. The van der Waals surface area contributed by atoms with E-state index in [4.69, 9.17) is 0 Å². The summed E-state index contributed by atoms with van der Waals surface area (Å²) in [6, 6.07) is -1.42. The smallest absolute Gasteiger partial charge is 0.342 e. The van der Waals surface area contributed by atoms with Crippen molar-refractivity contribution in [2.45, 2.75) is 90.0 Å². The van der Waals surface area contributed by atoms with Crippen molar-refractivity contribution in [3.05, 3.63) is 0 Å². The lowest BCUT2D eigenvalue weighted by Crippen LogP contribution is -2.54. The van der Waals surface area contributed by atoms with Gasteiger partial charge in [0.15, 0.2) is 0 Å². The highest BCUT2D eigenvalue weighted by molar-refractivity contribution is 7.52. The first-order valence-electron chi connectivity index (χ1n) is 11.2. The molecule has 1 aliphatic heterocycles. The van der Waals surface area contributed by atoms with Crippen molar-refractivity contribution in [3.63, 3.8) is 0 Å². The van der Waals surface area contributed by atoms with Gasteiger partial charge in [0, 0.05) is 6.54 Å². The Hall–Kier alpha value is -0.990. The van der Waals surface area contributed by atoms with E-state index < -0.39 is 31.4 Å². The molecule has 0 radical (unpaired) electrons. The Labute approximate surface area is 180 Å². The summed E-state index contributed by atoms with van der Waals surface area (Å²) in [6.45, 7) is 8.00. The zero-order valence-electron chi connectivity index (χ0n) is 18.7. The van der Waals surface area contributed by atoms with Gasteiger partial charge < -0.3 is 25.7 Å². The molecule has 1 rings (SSSR count). The summed E-state index contributed by atoms with van der Waals surface area (Å²) in [5.74, 6) is -1.53. The quantitative estimate of drug-likeness (QED) is 0.309. The topological polar surface area (TPSA) is 140 Å². The van der Waals surface area contributed by atoms with Crippen LogP contribution in [0.4, 0.5) is 0 Å². The second kappa shape index (κ2) is 14.1. The summed E-state index contributed by atoms with van der Waals surface area (Å²) in [7, 11) is -4.38. The minimum Gasteiger partial charge on any atom is -0.354 e. The number of nitrogens with one attached hydrogen (secondary N) is 4.